The van der Waals surface area contributed by atoms with Gasteiger partial charge in [0.15, 0.2) is 5.78 Å². The predicted molar refractivity (Wildman–Crippen MR) is 117 cm³/mol. The van der Waals surface area contributed by atoms with Crippen molar-refractivity contribution >= 4 is 35.6 Å². The molecule has 0 atom stereocenters. The van der Waals surface area contributed by atoms with Crippen LogP contribution >= 0.6 is 12.4 Å². The first kappa shape index (κ1) is 21.0. The number of anilines is 1. The van der Waals surface area contributed by atoms with E-state index in [0.29, 0.717) is 23.1 Å². The third kappa shape index (κ3) is 4.33. The number of para-hydroxylation sites is 1. The average molecular weight is 414 g/mol. The van der Waals surface area contributed by atoms with Crippen LogP contribution < -0.4 is 4.90 Å². The van der Waals surface area contributed by atoms with Crippen LogP contribution in [0.2, 0.25) is 0 Å². The predicted octanol–water partition coefficient (Wildman–Crippen LogP) is 3.98. The number of rotatable bonds is 3. The number of aryl methyl sites for hydroxylation is 1. The molecular formula is C22H24ClN3O3. The Morgan fingerprint density at radius 3 is 2.48 bits per heavy atom. The minimum Gasteiger partial charge on any atom is -0.369 e. The molecule has 0 radical (unpaired) electrons. The molecule has 2 aromatic carbocycles. The van der Waals surface area contributed by atoms with Crippen LogP contribution in [0.3, 0.4) is 0 Å². The Morgan fingerprint density at radius 1 is 1.03 bits per heavy atom. The number of halogens is 1. The Morgan fingerprint density at radius 2 is 1.76 bits per heavy atom. The number of fused-ring (bicyclic) bond motifs is 1. The molecule has 0 unspecified atom stereocenters. The molecule has 29 heavy (non-hydrogen) atoms. The first-order chi connectivity index (χ1) is 13.5. The molecule has 1 aliphatic heterocycles. The maximum absolute atomic E-state index is 13.0. The first-order valence-corrected chi connectivity index (χ1v) is 9.58. The number of allylic oxidation sites excluding steroid dienone is 1. The summed E-state index contributed by atoms with van der Waals surface area (Å²) in [4.78, 5) is 28.5. The van der Waals surface area contributed by atoms with Gasteiger partial charge in [-0.05, 0) is 55.8 Å². The van der Waals surface area contributed by atoms with E-state index >= 15 is 0 Å². The molecule has 0 amide bonds. The molecule has 1 heterocycles. The van der Waals surface area contributed by atoms with E-state index in [-0.39, 0.29) is 23.9 Å². The lowest BCUT2D eigenvalue weighted by atomic mass is 9.85. The quantitative estimate of drug-likeness (QED) is 0.432. The molecule has 1 saturated heterocycles. The van der Waals surface area contributed by atoms with Crippen molar-refractivity contribution in [1.82, 2.24) is 4.90 Å². The second-order valence-corrected chi connectivity index (χ2v) is 7.45. The highest BCUT2D eigenvalue weighted by Crippen LogP contribution is 2.31. The third-order valence-electron chi connectivity index (χ3n) is 5.62. The summed E-state index contributed by atoms with van der Waals surface area (Å²) in [5.74, 6) is -0.0238. The molecule has 0 spiro atoms. The van der Waals surface area contributed by atoms with Crippen molar-refractivity contribution in [3.8, 4) is 0 Å². The van der Waals surface area contributed by atoms with Crippen LogP contribution in [0.15, 0.2) is 48.0 Å². The SMILES string of the molecule is CN1CCN(c2ccc3c(c2)CC/C(=C\c2ccccc2[N+](=O)[O-])C3=O)CC1.Cl. The number of nitro groups is 1. The minimum absolute atomic E-state index is 0. The standard InChI is InChI=1S/C22H23N3O3.ClH/c1-23-10-12-24(13-11-23)19-8-9-20-16(15-19)6-7-18(22(20)26)14-17-4-2-3-5-21(17)25(27)28;/h2-5,8-9,14-15H,6-7,10-13H2,1H3;1H/b18-14+;. The molecule has 1 aliphatic carbocycles. The number of hydrogen-bond acceptors (Lipinski definition) is 5. The summed E-state index contributed by atoms with van der Waals surface area (Å²) in [7, 11) is 2.13. The number of carbonyl (C=O) groups is 1. The van der Waals surface area contributed by atoms with Gasteiger partial charge in [0.25, 0.3) is 5.69 Å². The Hall–Kier alpha value is -2.70. The van der Waals surface area contributed by atoms with Gasteiger partial charge in [-0.3, -0.25) is 14.9 Å². The topological polar surface area (TPSA) is 66.7 Å². The Labute approximate surface area is 176 Å². The van der Waals surface area contributed by atoms with E-state index in [1.165, 1.54) is 11.8 Å². The average Bonchev–Trinajstić information content (AvgIpc) is 2.70. The minimum atomic E-state index is -0.407. The zero-order valence-corrected chi connectivity index (χ0v) is 17.2. The molecule has 6 nitrogen and oxygen atoms in total. The van der Waals surface area contributed by atoms with Crippen LogP contribution in [-0.4, -0.2) is 48.8 Å². The van der Waals surface area contributed by atoms with Gasteiger partial charge < -0.3 is 9.80 Å². The summed E-state index contributed by atoms with van der Waals surface area (Å²) in [6, 6.07) is 12.6. The van der Waals surface area contributed by atoms with Crippen LogP contribution in [0.25, 0.3) is 6.08 Å². The summed E-state index contributed by atoms with van der Waals surface area (Å²) in [6.45, 7) is 4.07. The Kier molecular flexibility index (Phi) is 6.35. The molecule has 152 valence electrons. The molecule has 2 aromatic rings. The summed E-state index contributed by atoms with van der Waals surface area (Å²) in [5, 5.41) is 11.2. The van der Waals surface area contributed by atoms with E-state index in [9.17, 15) is 14.9 Å². The number of carbonyl (C=O) groups excluding carboxylic acids is 1. The van der Waals surface area contributed by atoms with Gasteiger partial charge in [0.05, 0.1) is 10.5 Å². The zero-order valence-electron chi connectivity index (χ0n) is 16.3. The van der Waals surface area contributed by atoms with Crippen LogP contribution in [0.5, 0.6) is 0 Å². The van der Waals surface area contributed by atoms with Crippen LogP contribution in [0.1, 0.15) is 27.9 Å². The monoisotopic (exact) mass is 413 g/mol. The number of nitrogens with zero attached hydrogens (tertiary/aromatic N) is 3. The van der Waals surface area contributed by atoms with Crippen molar-refractivity contribution < 1.29 is 9.72 Å². The maximum Gasteiger partial charge on any atom is 0.276 e. The van der Waals surface area contributed by atoms with E-state index in [2.05, 4.69) is 22.9 Å². The van der Waals surface area contributed by atoms with Gasteiger partial charge in [0, 0.05) is 49.1 Å². The smallest absolute Gasteiger partial charge is 0.276 e. The second kappa shape index (κ2) is 8.76. The first-order valence-electron chi connectivity index (χ1n) is 9.58. The van der Waals surface area contributed by atoms with Gasteiger partial charge in [-0.1, -0.05) is 12.1 Å². The number of hydrogen-bond donors (Lipinski definition) is 0. The lowest BCUT2D eigenvalue weighted by molar-refractivity contribution is -0.385. The maximum atomic E-state index is 13.0. The van der Waals surface area contributed by atoms with Gasteiger partial charge in [0.1, 0.15) is 0 Å². The number of Topliss-reactive ketones (excluding diaryl/α,β-unsaturated/α-hetero) is 1. The number of piperazine rings is 1. The van der Waals surface area contributed by atoms with Gasteiger partial charge in [-0.25, -0.2) is 0 Å². The molecule has 0 bridgehead atoms. The van der Waals surface area contributed by atoms with Crippen molar-refractivity contribution in [3.63, 3.8) is 0 Å². The molecule has 4 rings (SSSR count). The molecule has 7 heteroatoms. The molecule has 0 saturated carbocycles. The van der Waals surface area contributed by atoms with Crippen molar-refractivity contribution in [3.05, 3.63) is 74.8 Å². The fourth-order valence-corrected chi connectivity index (χ4v) is 3.93. The van der Waals surface area contributed by atoms with Crippen molar-refractivity contribution in [2.75, 3.05) is 38.1 Å². The summed E-state index contributed by atoms with van der Waals surface area (Å²) >= 11 is 0. The Balaban J connectivity index is 0.00000240. The van der Waals surface area contributed by atoms with E-state index in [0.717, 1.165) is 38.2 Å². The number of nitro benzene ring substituents is 1. The largest absolute Gasteiger partial charge is 0.369 e. The van der Waals surface area contributed by atoms with Crippen molar-refractivity contribution in [2.45, 2.75) is 12.8 Å². The highest BCUT2D eigenvalue weighted by Gasteiger charge is 2.24. The van der Waals surface area contributed by atoms with Gasteiger partial charge in [-0.15, -0.1) is 12.4 Å². The summed E-state index contributed by atoms with van der Waals surface area (Å²) in [6.07, 6.45) is 3.05. The fraction of sp³-hybridized carbons (Fsp3) is 0.318. The number of likely N-dealkylation sites (N-methyl/N-ethyl adjacent to an activating group) is 1. The molecule has 1 fully saturated rings. The fourth-order valence-electron chi connectivity index (χ4n) is 3.93. The van der Waals surface area contributed by atoms with E-state index in [1.54, 1.807) is 24.3 Å². The van der Waals surface area contributed by atoms with Gasteiger partial charge in [-0.2, -0.15) is 0 Å². The lowest BCUT2D eigenvalue weighted by Crippen LogP contribution is -2.44. The van der Waals surface area contributed by atoms with Gasteiger partial charge in [0.2, 0.25) is 0 Å². The van der Waals surface area contributed by atoms with Crippen LogP contribution in [0.4, 0.5) is 11.4 Å². The van der Waals surface area contributed by atoms with E-state index in [4.69, 9.17) is 0 Å². The summed E-state index contributed by atoms with van der Waals surface area (Å²) in [5.41, 5.74) is 4.10. The number of ketones is 1. The molecule has 2 aliphatic rings. The third-order valence-corrected chi connectivity index (χ3v) is 5.62. The second-order valence-electron chi connectivity index (χ2n) is 7.45. The van der Waals surface area contributed by atoms with Crippen LogP contribution in [0, 0.1) is 10.1 Å². The van der Waals surface area contributed by atoms with Gasteiger partial charge >= 0.3 is 0 Å². The number of benzene rings is 2. The van der Waals surface area contributed by atoms with E-state index in [1.807, 2.05) is 12.1 Å². The van der Waals surface area contributed by atoms with E-state index < -0.39 is 4.92 Å². The zero-order chi connectivity index (χ0) is 19.7. The molecule has 0 aromatic heterocycles. The highest BCUT2D eigenvalue weighted by atomic mass is 35.5. The van der Waals surface area contributed by atoms with Crippen molar-refractivity contribution in [2.24, 2.45) is 0 Å². The summed E-state index contributed by atoms with van der Waals surface area (Å²) < 4.78 is 0. The normalized spacial score (nSPS) is 18.3. The lowest BCUT2D eigenvalue weighted by Gasteiger charge is -2.34. The van der Waals surface area contributed by atoms with Crippen molar-refractivity contribution in [1.29, 1.82) is 0 Å². The molecule has 0 N–H and O–H groups in total. The van der Waals surface area contributed by atoms with Crippen LogP contribution in [-0.2, 0) is 6.42 Å². The molecular weight excluding hydrogens is 390 g/mol. The Bertz CT molecular complexity index is 966. The highest BCUT2D eigenvalue weighted by molar-refractivity contribution is 6.13.